The molecule has 0 saturated heterocycles. The van der Waals surface area contributed by atoms with Gasteiger partial charge in [-0.3, -0.25) is 0 Å². The van der Waals surface area contributed by atoms with Crippen LogP contribution in [-0.4, -0.2) is 17.8 Å². The van der Waals surface area contributed by atoms with E-state index in [1.807, 2.05) is 6.92 Å². The van der Waals surface area contributed by atoms with Gasteiger partial charge >= 0.3 is 0 Å². The minimum atomic E-state index is 0.219. The Hall–Kier alpha value is -1.22. The lowest BCUT2D eigenvalue weighted by atomic mass is 9.97. The number of aromatic hydroxyl groups is 1. The van der Waals surface area contributed by atoms with Gasteiger partial charge in [0.2, 0.25) is 0 Å². The molecule has 0 fully saturated rings. The molecule has 0 aromatic heterocycles. The molecule has 1 aliphatic rings. The van der Waals surface area contributed by atoms with E-state index in [0.29, 0.717) is 18.2 Å². The Balaban J connectivity index is 2.24. The first-order chi connectivity index (χ1) is 7.60. The van der Waals surface area contributed by atoms with Crippen molar-refractivity contribution in [2.24, 2.45) is 11.7 Å². The van der Waals surface area contributed by atoms with Gasteiger partial charge in [0.15, 0.2) is 0 Å². The van der Waals surface area contributed by atoms with E-state index in [0.717, 1.165) is 24.2 Å². The van der Waals surface area contributed by atoms with Crippen LogP contribution < -0.4 is 10.5 Å². The molecule has 2 atom stereocenters. The molecule has 1 heterocycles. The van der Waals surface area contributed by atoms with Crippen LogP contribution in [0.5, 0.6) is 11.5 Å². The molecule has 0 saturated carbocycles. The summed E-state index contributed by atoms with van der Waals surface area (Å²) in [4.78, 5) is 0. The van der Waals surface area contributed by atoms with E-state index < -0.39 is 0 Å². The maximum Gasteiger partial charge on any atom is 0.126 e. The van der Waals surface area contributed by atoms with Gasteiger partial charge in [-0.05, 0) is 43.0 Å². The maximum atomic E-state index is 9.88. The van der Waals surface area contributed by atoms with E-state index in [1.54, 1.807) is 6.07 Å². The van der Waals surface area contributed by atoms with E-state index in [2.05, 4.69) is 13.0 Å². The van der Waals surface area contributed by atoms with Crippen LogP contribution in [0.25, 0.3) is 0 Å². The van der Waals surface area contributed by atoms with E-state index in [9.17, 15) is 5.11 Å². The highest BCUT2D eigenvalue weighted by molar-refractivity contribution is 5.48. The molecule has 1 aromatic carbocycles. The van der Waals surface area contributed by atoms with E-state index >= 15 is 0 Å². The normalized spacial score (nSPS) is 20.3. The van der Waals surface area contributed by atoms with Crippen molar-refractivity contribution < 1.29 is 9.84 Å². The van der Waals surface area contributed by atoms with Gasteiger partial charge in [0, 0.05) is 12.5 Å². The lowest BCUT2D eigenvalue weighted by molar-refractivity contribution is 0.254. The van der Waals surface area contributed by atoms with Crippen LogP contribution in [0.3, 0.4) is 0 Å². The van der Waals surface area contributed by atoms with Crippen LogP contribution in [0, 0.1) is 5.92 Å². The zero-order valence-corrected chi connectivity index (χ0v) is 9.86. The highest BCUT2D eigenvalue weighted by atomic mass is 16.5. The van der Waals surface area contributed by atoms with Gasteiger partial charge in [0.25, 0.3) is 0 Å². The Kier molecular flexibility index (Phi) is 3.06. The number of ether oxygens (including phenoxy) is 1. The average Bonchev–Trinajstić information content (AvgIpc) is 2.58. The third-order valence-corrected chi connectivity index (χ3v) is 3.07. The van der Waals surface area contributed by atoms with Crippen molar-refractivity contribution in [1.29, 1.82) is 0 Å². The van der Waals surface area contributed by atoms with Crippen LogP contribution in [0.1, 0.15) is 25.0 Å². The van der Waals surface area contributed by atoms with E-state index in [-0.39, 0.29) is 6.10 Å². The molecule has 2 rings (SSSR count). The Morgan fingerprint density at radius 3 is 3.00 bits per heavy atom. The summed E-state index contributed by atoms with van der Waals surface area (Å²) in [5, 5.41) is 9.88. The van der Waals surface area contributed by atoms with Gasteiger partial charge in [0.05, 0.1) is 0 Å². The largest absolute Gasteiger partial charge is 0.508 e. The van der Waals surface area contributed by atoms with Gasteiger partial charge in [-0.25, -0.2) is 0 Å². The average molecular weight is 221 g/mol. The third-order valence-electron chi connectivity index (χ3n) is 3.07. The van der Waals surface area contributed by atoms with Crippen LogP contribution in [0.15, 0.2) is 12.1 Å². The zero-order valence-electron chi connectivity index (χ0n) is 9.86. The lowest BCUT2D eigenvalue weighted by Gasteiger charge is -2.11. The summed E-state index contributed by atoms with van der Waals surface area (Å²) in [6.45, 7) is 4.77. The predicted molar refractivity (Wildman–Crippen MR) is 63.8 cm³/mol. The van der Waals surface area contributed by atoms with Crippen LogP contribution in [0.4, 0.5) is 0 Å². The number of phenolic OH excluding ortho intramolecular Hbond substituents is 1. The predicted octanol–water partition coefficient (Wildman–Crippen LogP) is 1.85. The van der Waals surface area contributed by atoms with Crippen LogP contribution >= 0.6 is 0 Å². The fourth-order valence-electron chi connectivity index (χ4n) is 2.12. The molecule has 3 heteroatoms. The van der Waals surface area contributed by atoms with E-state index in [1.165, 1.54) is 5.56 Å². The summed E-state index contributed by atoms with van der Waals surface area (Å²) in [6, 6.07) is 3.79. The molecule has 16 heavy (non-hydrogen) atoms. The Morgan fingerprint density at radius 2 is 2.31 bits per heavy atom. The van der Waals surface area contributed by atoms with Gasteiger partial charge in [0.1, 0.15) is 17.6 Å². The summed E-state index contributed by atoms with van der Waals surface area (Å²) >= 11 is 0. The summed E-state index contributed by atoms with van der Waals surface area (Å²) in [5.74, 6) is 1.55. The first-order valence-corrected chi connectivity index (χ1v) is 5.81. The number of hydrogen-bond donors (Lipinski definition) is 2. The monoisotopic (exact) mass is 221 g/mol. The number of benzene rings is 1. The van der Waals surface area contributed by atoms with Crippen molar-refractivity contribution in [3.8, 4) is 11.5 Å². The lowest BCUT2D eigenvalue weighted by Crippen LogP contribution is -2.13. The quantitative estimate of drug-likeness (QED) is 0.819. The fraction of sp³-hybridized carbons (Fsp3) is 0.538. The minimum absolute atomic E-state index is 0.219. The summed E-state index contributed by atoms with van der Waals surface area (Å²) in [7, 11) is 0. The summed E-state index contributed by atoms with van der Waals surface area (Å²) in [5.41, 5.74) is 7.78. The molecule has 88 valence electrons. The van der Waals surface area contributed by atoms with Crippen molar-refractivity contribution in [3.05, 3.63) is 23.3 Å². The second kappa shape index (κ2) is 4.34. The number of phenols is 1. The number of hydrogen-bond acceptors (Lipinski definition) is 3. The Morgan fingerprint density at radius 1 is 1.56 bits per heavy atom. The van der Waals surface area contributed by atoms with Gasteiger partial charge in [-0.15, -0.1) is 0 Å². The Labute approximate surface area is 96.2 Å². The van der Waals surface area contributed by atoms with Crippen molar-refractivity contribution in [1.82, 2.24) is 0 Å². The molecule has 2 unspecified atom stereocenters. The van der Waals surface area contributed by atoms with Crippen LogP contribution in [-0.2, 0) is 12.8 Å². The van der Waals surface area contributed by atoms with E-state index in [4.69, 9.17) is 10.5 Å². The minimum Gasteiger partial charge on any atom is -0.508 e. The number of rotatable bonds is 3. The number of fused-ring (bicyclic) bond motifs is 1. The SMILES string of the molecule is CC(CN)Cc1cc2c(cc1O)OC(C)C2. The molecule has 0 amide bonds. The Bertz CT molecular complexity index is 390. The molecule has 0 aliphatic carbocycles. The molecule has 1 aromatic rings. The molecular formula is C13H19NO2. The van der Waals surface area contributed by atoms with Crippen molar-refractivity contribution >= 4 is 0 Å². The second-order valence-corrected chi connectivity index (χ2v) is 4.77. The first kappa shape index (κ1) is 11.3. The second-order valence-electron chi connectivity index (χ2n) is 4.77. The third kappa shape index (κ3) is 2.14. The summed E-state index contributed by atoms with van der Waals surface area (Å²) in [6.07, 6.45) is 1.97. The van der Waals surface area contributed by atoms with Crippen molar-refractivity contribution in [2.45, 2.75) is 32.8 Å². The maximum absolute atomic E-state index is 9.88. The highest BCUT2D eigenvalue weighted by Crippen LogP contribution is 2.35. The zero-order chi connectivity index (χ0) is 11.7. The standard InChI is InChI=1S/C13H19NO2/c1-8(7-14)3-10-5-11-4-9(2)16-13(11)6-12(10)15/h5-6,8-9,15H,3-4,7,14H2,1-2H3. The van der Waals surface area contributed by atoms with Gasteiger partial charge < -0.3 is 15.6 Å². The molecule has 3 N–H and O–H groups in total. The van der Waals surface area contributed by atoms with Crippen molar-refractivity contribution in [2.75, 3.05) is 6.54 Å². The molecular weight excluding hydrogens is 202 g/mol. The fourth-order valence-corrected chi connectivity index (χ4v) is 2.12. The molecule has 0 bridgehead atoms. The highest BCUT2D eigenvalue weighted by Gasteiger charge is 2.21. The first-order valence-electron chi connectivity index (χ1n) is 5.81. The van der Waals surface area contributed by atoms with Crippen LogP contribution in [0.2, 0.25) is 0 Å². The van der Waals surface area contributed by atoms with Gasteiger partial charge in [-0.2, -0.15) is 0 Å². The molecule has 1 aliphatic heterocycles. The molecule has 0 spiro atoms. The molecule has 0 radical (unpaired) electrons. The summed E-state index contributed by atoms with van der Waals surface area (Å²) < 4.78 is 5.59. The number of nitrogens with two attached hydrogens (primary N) is 1. The van der Waals surface area contributed by atoms with Crippen molar-refractivity contribution in [3.63, 3.8) is 0 Å². The molecule has 3 nitrogen and oxygen atoms in total. The smallest absolute Gasteiger partial charge is 0.126 e. The van der Waals surface area contributed by atoms with Gasteiger partial charge in [-0.1, -0.05) is 6.92 Å². The topological polar surface area (TPSA) is 55.5 Å².